The van der Waals surface area contributed by atoms with E-state index in [0.29, 0.717) is 9.86 Å². The third-order valence-electron chi connectivity index (χ3n) is 1.85. The lowest BCUT2D eigenvalue weighted by Crippen LogP contribution is -2.13. The van der Waals surface area contributed by atoms with Crippen LogP contribution in [-0.2, 0) is 0 Å². The Hall–Kier alpha value is -1.07. The van der Waals surface area contributed by atoms with Crippen LogP contribution in [-0.4, -0.2) is 15.9 Å². The minimum atomic E-state index is -0.594. The van der Waals surface area contributed by atoms with Gasteiger partial charge in [-0.05, 0) is 22.0 Å². The van der Waals surface area contributed by atoms with Crippen LogP contribution in [0.25, 0.3) is 10.9 Å². The lowest BCUT2D eigenvalue weighted by molar-refractivity contribution is 0.0997. The number of carbonyl (C=O) groups excluding carboxylic acids is 1. The molecule has 1 amide bonds. The number of primary amides is 1. The van der Waals surface area contributed by atoms with Gasteiger partial charge in [0, 0.05) is 11.6 Å². The van der Waals surface area contributed by atoms with Crippen LogP contribution in [0.1, 0.15) is 10.5 Å². The minimum Gasteiger partial charge on any atom is -0.364 e. The Morgan fingerprint density at radius 2 is 2.36 bits per heavy atom. The Bertz CT molecular complexity index is 523. The van der Waals surface area contributed by atoms with Crippen molar-refractivity contribution in [3.05, 3.63) is 27.6 Å². The maximum Gasteiger partial charge on any atom is 0.268 e. The number of amides is 1. The summed E-state index contributed by atoms with van der Waals surface area (Å²) in [6.45, 7) is 0. The summed E-state index contributed by atoms with van der Waals surface area (Å²) in [5.41, 5.74) is 6.07. The number of fused-ring (bicyclic) bond motifs is 1. The van der Waals surface area contributed by atoms with Gasteiger partial charge in [0.15, 0.2) is 0 Å². The highest BCUT2D eigenvalue weighted by atomic mass is 79.9. The molecule has 0 aromatic carbocycles. The number of nitrogens with one attached hydrogen (secondary N) is 1. The van der Waals surface area contributed by atoms with Crippen LogP contribution in [0.4, 0.5) is 0 Å². The summed E-state index contributed by atoms with van der Waals surface area (Å²) >= 11 is 9.07. The van der Waals surface area contributed by atoms with Gasteiger partial charge in [0.25, 0.3) is 5.91 Å². The number of nitrogens with zero attached hydrogens (tertiary/aromatic N) is 1. The van der Waals surface area contributed by atoms with E-state index in [1.54, 1.807) is 12.3 Å². The van der Waals surface area contributed by atoms with Crippen LogP contribution in [0.5, 0.6) is 0 Å². The summed E-state index contributed by atoms with van der Waals surface area (Å²) in [6, 6.07) is 1.73. The number of H-pyrrole nitrogens is 1. The summed E-state index contributed by atoms with van der Waals surface area (Å²) in [5, 5.41) is 0.877. The third-order valence-corrected chi connectivity index (χ3v) is 3.12. The number of halogens is 2. The summed E-state index contributed by atoms with van der Waals surface area (Å²) in [4.78, 5) is 17.9. The molecule has 0 saturated carbocycles. The first kappa shape index (κ1) is 9.48. The summed E-state index contributed by atoms with van der Waals surface area (Å²) in [7, 11) is 0. The first-order valence-corrected chi connectivity index (χ1v) is 4.90. The topological polar surface area (TPSA) is 71.8 Å². The Morgan fingerprint density at radius 3 is 3.00 bits per heavy atom. The Kier molecular flexibility index (Phi) is 2.20. The highest BCUT2D eigenvalue weighted by Gasteiger charge is 2.14. The van der Waals surface area contributed by atoms with Crippen LogP contribution in [0.15, 0.2) is 16.7 Å². The first-order chi connectivity index (χ1) is 6.61. The minimum absolute atomic E-state index is 0.175. The zero-order valence-electron chi connectivity index (χ0n) is 6.84. The molecule has 2 aromatic rings. The summed E-state index contributed by atoms with van der Waals surface area (Å²) < 4.78 is 0.629. The number of aromatic nitrogens is 2. The second kappa shape index (κ2) is 3.25. The van der Waals surface area contributed by atoms with E-state index >= 15 is 0 Å². The molecular formula is C8H5BrClN3O. The van der Waals surface area contributed by atoms with E-state index in [4.69, 9.17) is 17.3 Å². The molecule has 2 aromatic heterocycles. The smallest absolute Gasteiger partial charge is 0.268 e. The van der Waals surface area contributed by atoms with Gasteiger partial charge in [-0.25, -0.2) is 4.98 Å². The Balaban J connectivity index is 2.91. The second-order valence-corrected chi connectivity index (χ2v) is 3.85. The summed E-state index contributed by atoms with van der Waals surface area (Å²) in [5.74, 6) is -0.594. The van der Waals surface area contributed by atoms with Crippen molar-refractivity contribution in [2.24, 2.45) is 5.73 Å². The van der Waals surface area contributed by atoms with Crippen molar-refractivity contribution in [1.29, 1.82) is 0 Å². The van der Waals surface area contributed by atoms with Crippen molar-refractivity contribution in [3.8, 4) is 0 Å². The molecule has 0 saturated heterocycles. The molecule has 14 heavy (non-hydrogen) atoms. The van der Waals surface area contributed by atoms with Gasteiger partial charge in [-0.3, -0.25) is 4.79 Å². The van der Waals surface area contributed by atoms with Crippen molar-refractivity contribution >= 4 is 44.3 Å². The SMILES string of the molecule is NC(=O)c1nc(Cl)c(Br)c2[nH]ccc12. The molecule has 0 aliphatic carbocycles. The van der Waals surface area contributed by atoms with Gasteiger partial charge in [0.1, 0.15) is 10.8 Å². The van der Waals surface area contributed by atoms with Gasteiger partial charge in [0.05, 0.1) is 9.99 Å². The van der Waals surface area contributed by atoms with E-state index in [-0.39, 0.29) is 10.8 Å². The van der Waals surface area contributed by atoms with E-state index in [1.165, 1.54) is 0 Å². The molecule has 0 bridgehead atoms. The third kappa shape index (κ3) is 1.29. The average Bonchev–Trinajstić information content (AvgIpc) is 2.59. The zero-order valence-corrected chi connectivity index (χ0v) is 9.19. The van der Waals surface area contributed by atoms with Gasteiger partial charge >= 0.3 is 0 Å². The number of pyridine rings is 1. The zero-order chi connectivity index (χ0) is 10.3. The van der Waals surface area contributed by atoms with Crippen LogP contribution in [0.2, 0.25) is 5.15 Å². The normalized spacial score (nSPS) is 10.7. The van der Waals surface area contributed by atoms with Gasteiger partial charge in [-0.15, -0.1) is 0 Å². The second-order valence-electron chi connectivity index (χ2n) is 2.70. The van der Waals surface area contributed by atoms with Crippen molar-refractivity contribution in [1.82, 2.24) is 9.97 Å². The molecule has 6 heteroatoms. The Labute approximate surface area is 92.6 Å². The van der Waals surface area contributed by atoms with Gasteiger partial charge < -0.3 is 10.7 Å². The molecule has 0 unspecified atom stereocenters. The number of carbonyl (C=O) groups is 1. The predicted molar refractivity (Wildman–Crippen MR) is 57.3 cm³/mol. The lowest BCUT2D eigenvalue weighted by atomic mass is 10.2. The predicted octanol–water partition coefficient (Wildman–Crippen LogP) is 2.08. The van der Waals surface area contributed by atoms with Crippen molar-refractivity contribution in [3.63, 3.8) is 0 Å². The van der Waals surface area contributed by atoms with Crippen molar-refractivity contribution in [2.75, 3.05) is 0 Å². The van der Waals surface area contributed by atoms with Crippen LogP contribution in [0, 0.1) is 0 Å². The molecule has 3 N–H and O–H groups in total. The van der Waals surface area contributed by atoms with E-state index in [1.807, 2.05) is 0 Å². The quantitative estimate of drug-likeness (QED) is 0.782. The molecule has 72 valence electrons. The van der Waals surface area contributed by atoms with Crippen LogP contribution < -0.4 is 5.73 Å². The van der Waals surface area contributed by atoms with Gasteiger partial charge in [-0.2, -0.15) is 0 Å². The number of hydrogen-bond acceptors (Lipinski definition) is 2. The van der Waals surface area contributed by atoms with Crippen molar-refractivity contribution < 1.29 is 4.79 Å². The summed E-state index contributed by atoms with van der Waals surface area (Å²) in [6.07, 6.45) is 1.69. The fraction of sp³-hybridized carbons (Fsp3) is 0. The van der Waals surface area contributed by atoms with E-state index in [9.17, 15) is 4.79 Å². The van der Waals surface area contributed by atoms with Gasteiger partial charge in [0.2, 0.25) is 0 Å². The standard InChI is InChI=1S/C8H5BrClN3O/c9-4-5-3(1-2-12-5)6(8(11)14)13-7(4)10/h1-2,12H,(H2,11,14). The molecular weight excluding hydrogens is 269 g/mol. The number of rotatable bonds is 1. The number of aromatic amines is 1. The molecule has 0 atom stereocenters. The molecule has 4 nitrogen and oxygen atoms in total. The van der Waals surface area contributed by atoms with Crippen molar-refractivity contribution in [2.45, 2.75) is 0 Å². The van der Waals surface area contributed by atoms with Crippen LogP contribution >= 0.6 is 27.5 Å². The maximum absolute atomic E-state index is 11.0. The number of hydrogen-bond donors (Lipinski definition) is 2. The van der Waals surface area contributed by atoms with E-state index in [0.717, 1.165) is 5.52 Å². The molecule has 2 heterocycles. The molecule has 2 rings (SSSR count). The maximum atomic E-state index is 11.0. The molecule has 0 spiro atoms. The van der Waals surface area contributed by atoms with E-state index in [2.05, 4.69) is 25.9 Å². The number of nitrogens with two attached hydrogens (primary N) is 1. The fourth-order valence-corrected chi connectivity index (χ4v) is 1.84. The molecule has 0 aliphatic rings. The van der Waals surface area contributed by atoms with E-state index < -0.39 is 5.91 Å². The molecule has 0 radical (unpaired) electrons. The fourth-order valence-electron chi connectivity index (χ4n) is 1.25. The van der Waals surface area contributed by atoms with Crippen LogP contribution in [0.3, 0.4) is 0 Å². The highest BCUT2D eigenvalue weighted by Crippen LogP contribution is 2.30. The monoisotopic (exact) mass is 273 g/mol. The molecule has 0 fully saturated rings. The highest BCUT2D eigenvalue weighted by molar-refractivity contribution is 9.10. The van der Waals surface area contributed by atoms with Gasteiger partial charge in [-0.1, -0.05) is 11.6 Å². The Morgan fingerprint density at radius 1 is 1.64 bits per heavy atom. The first-order valence-electron chi connectivity index (χ1n) is 3.73. The average molecular weight is 275 g/mol. The largest absolute Gasteiger partial charge is 0.364 e. The lowest BCUT2D eigenvalue weighted by Gasteiger charge is -2.01. The molecule has 0 aliphatic heterocycles.